The Hall–Kier alpha value is -2.36. The lowest BCUT2D eigenvalue weighted by Gasteiger charge is -2.41. The van der Waals surface area contributed by atoms with E-state index in [1.54, 1.807) is 0 Å². The van der Waals surface area contributed by atoms with Gasteiger partial charge in [-0.15, -0.1) is 0 Å². The molecule has 0 spiro atoms. The average molecular weight is 352 g/mol. The number of hydrogen-bond donors (Lipinski definition) is 0. The maximum Gasteiger partial charge on any atom is 0.308 e. The summed E-state index contributed by atoms with van der Waals surface area (Å²) in [6.45, 7) is 5.16. The molecule has 0 aromatic heterocycles. The molecule has 0 unspecified atom stereocenters. The van der Waals surface area contributed by atoms with Crippen LogP contribution in [0.3, 0.4) is 0 Å². The number of carbonyl (C=O) groups excluding carboxylic acids is 2. The summed E-state index contributed by atoms with van der Waals surface area (Å²) in [5.41, 5.74) is 6.68. The highest BCUT2D eigenvalue weighted by atomic mass is 16.5. The topological polar surface area (TPSA) is 52.6 Å². The van der Waals surface area contributed by atoms with Gasteiger partial charge in [0.2, 0.25) is 0 Å². The van der Waals surface area contributed by atoms with Crippen molar-refractivity contribution in [3.63, 3.8) is 0 Å². The number of aryl methyl sites for hydroxylation is 1. The van der Waals surface area contributed by atoms with E-state index in [9.17, 15) is 9.59 Å². The minimum absolute atomic E-state index is 0.0446. The molecule has 26 heavy (non-hydrogen) atoms. The molecule has 4 nitrogen and oxygen atoms in total. The van der Waals surface area contributed by atoms with Crippen molar-refractivity contribution in [1.29, 1.82) is 0 Å². The first-order chi connectivity index (χ1) is 12.4. The van der Waals surface area contributed by atoms with Crippen LogP contribution < -0.4 is 4.74 Å². The largest absolute Gasteiger partial charge is 0.461 e. The molecule has 3 aliphatic rings. The fourth-order valence-electron chi connectivity index (χ4n) is 4.88. The summed E-state index contributed by atoms with van der Waals surface area (Å²) in [7, 11) is 0. The van der Waals surface area contributed by atoms with E-state index in [1.807, 2.05) is 12.1 Å². The molecule has 0 aliphatic heterocycles. The molecule has 136 valence electrons. The van der Waals surface area contributed by atoms with Gasteiger partial charge in [0.25, 0.3) is 0 Å². The maximum absolute atomic E-state index is 11.5. The molecule has 0 saturated carbocycles. The summed E-state index contributed by atoms with van der Waals surface area (Å²) in [6, 6.07) is 5.97. The molecule has 2 atom stereocenters. The number of rotatable bonds is 2. The first-order valence-electron chi connectivity index (χ1n) is 9.30. The summed E-state index contributed by atoms with van der Waals surface area (Å²) in [5.74, 6) is 0.135. The van der Waals surface area contributed by atoms with E-state index in [2.05, 4.69) is 19.1 Å². The molecule has 4 heteroatoms. The average Bonchev–Trinajstić information content (AvgIpc) is 2.90. The van der Waals surface area contributed by atoms with E-state index >= 15 is 0 Å². The summed E-state index contributed by atoms with van der Waals surface area (Å²) in [6.07, 6.45) is 6.94. The molecule has 0 fully saturated rings. The first-order valence-corrected chi connectivity index (χ1v) is 9.30. The van der Waals surface area contributed by atoms with Crippen molar-refractivity contribution in [3.8, 4) is 5.75 Å². The Kier molecular flexibility index (Phi) is 4.02. The first kappa shape index (κ1) is 17.1. The molecule has 0 radical (unpaired) electrons. The van der Waals surface area contributed by atoms with Crippen LogP contribution in [0.15, 0.2) is 35.4 Å². The molecule has 0 N–H and O–H groups in total. The van der Waals surface area contributed by atoms with Crippen LogP contribution in [0, 0.1) is 5.41 Å². The molecule has 0 saturated heterocycles. The fourth-order valence-corrected chi connectivity index (χ4v) is 4.88. The van der Waals surface area contributed by atoms with Crippen LogP contribution in [0.25, 0.3) is 5.57 Å². The van der Waals surface area contributed by atoms with E-state index < -0.39 is 0 Å². The van der Waals surface area contributed by atoms with Gasteiger partial charge in [0, 0.05) is 25.7 Å². The Morgan fingerprint density at radius 2 is 1.88 bits per heavy atom. The fraction of sp³-hybridized carbons (Fsp3) is 0.455. The third kappa shape index (κ3) is 2.68. The number of fused-ring (bicyclic) bond motifs is 4. The predicted octanol–water partition coefficient (Wildman–Crippen LogP) is 4.37. The van der Waals surface area contributed by atoms with Crippen LogP contribution in [0.4, 0.5) is 0 Å². The highest BCUT2D eigenvalue weighted by Gasteiger charge is 2.47. The molecular weight excluding hydrogens is 328 g/mol. The van der Waals surface area contributed by atoms with Gasteiger partial charge in [-0.25, -0.2) is 0 Å². The third-order valence-corrected chi connectivity index (χ3v) is 6.06. The number of esters is 2. The van der Waals surface area contributed by atoms with Crippen molar-refractivity contribution in [3.05, 3.63) is 46.5 Å². The molecule has 0 heterocycles. The number of ether oxygens (including phenoxy) is 2. The highest BCUT2D eigenvalue weighted by molar-refractivity contribution is 5.80. The van der Waals surface area contributed by atoms with E-state index in [4.69, 9.17) is 9.47 Å². The van der Waals surface area contributed by atoms with E-state index in [0.29, 0.717) is 5.75 Å². The van der Waals surface area contributed by atoms with Crippen molar-refractivity contribution in [2.45, 2.75) is 59.0 Å². The molecular formula is C22H24O4. The Labute approximate surface area is 153 Å². The summed E-state index contributed by atoms with van der Waals surface area (Å²) >= 11 is 0. The Bertz CT molecular complexity index is 861. The Balaban J connectivity index is 1.69. The number of carbonyl (C=O) groups is 2. The van der Waals surface area contributed by atoms with Crippen molar-refractivity contribution < 1.29 is 19.1 Å². The van der Waals surface area contributed by atoms with Gasteiger partial charge in [-0.3, -0.25) is 9.59 Å². The molecule has 1 aromatic rings. The summed E-state index contributed by atoms with van der Waals surface area (Å²) < 4.78 is 10.9. The third-order valence-electron chi connectivity index (χ3n) is 6.06. The quantitative estimate of drug-likeness (QED) is 0.586. The molecule has 3 aliphatic carbocycles. The van der Waals surface area contributed by atoms with Gasteiger partial charge in [0.05, 0.1) is 0 Å². The van der Waals surface area contributed by atoms with Crippen LogP contribution in [-0.4, -0.2) is 18.0 Å². The van der Waals surface area contributed by atoms with Crippen molar-refractivity contribution >= 4 is 17.5 Å². The van der Waals surface area contributed by atoms with Crippen LogP contribution in [-0.2, 0) is 20.7 Å². The lowest BCUT2D eigenvalue weighted by Crippen LogP contribution is -2.36. The molecule has 1 aromatic carbocycles. The second-order valence-electron chi connectivity index (χ2n) is 7.74. The minimum atomic E-state index is -0.290. The van der Waals surface area contributed by atoms with Gasteiger partial charge >= 0.3 is 11.9 Å². The minimum Gasteiger partial charge on any atom is -0.461 e. The lowest BCUT2D eigenvalue weighted by molar-refractivity contribution is -0.150. The van der Waals surface area contributed by atoms with Gasteiger partial charge < -0.3 is 9.47 Å². The second-order valence-corrected chi connectivity index (χ2v) is 7.74. The Morgan fingerprint density at radius 3 is 2.62 bits per heavy atom. The van der Waals surface area contributed by atoms with Crippen molar-refractivity contribution in [2.75, 3.05) is 0 Å². The number of allylic oxidation sites excluding steroid dienone is 2. The van der Waals surface area contributed by atoms with Gasteiger partial charge in [-0.05, 0) is 65.7 Å². The van der Waals surface area contributed by atoms with Crippen LogP contribution in [0.1, 0.15) is 57.6 Å². The second kappa shape index (κ2) is 6.11. The van der Waals surface area contributed by atoms with Gasteiger partial charge in [-0.2, -0.15) is 0 Å². The Morgan fingerprint density at radius 1 is 1.08 bits per heavy atom. The monoisotopic (exact) mass is 352 g/mol. The van der Waals surface area contributed by atoms with Crippen LogP contribution in [0.2, 0.25) is 0 Å². The standard InChI is InChI=1S/C22H24O4/c1-13(23)25-16-5-7-17-15(12-16)4-6-19-18(17)10-11-22(3)20(19)8-9-21(22)26-14(2)24/h5,7-8,12,21H,4,6,9-11H2,1-3H3/t21-,22-/m1/s1. The van der Waals surface area contributed by atoms with Gasteiger partial charge in [0.1, 0.15) is 11.9 Å². The van der Waals surface area contributed by atoms with E-state index in [1.165, 1.54) is 41.7 Å². The predicted molar refractivity (Wildman–Crippen MR) is 98.6 cm³/mol. The van der Waals surface area contributed by atoms with Crippen molar-refractivity contribution in [2.24, 2.45) is 5.41 Å². The van der Waals surface area contributed by atoms with E-state index in [-0.39, 0.29) is 23.5 Å². The maximum atomic E-state index is 11.5. The molecule has 0 amide bonds. The number of benzene rings is 1. The van der Waals surface area contributed by atoms with Crippen LogP contribution in [0.5, 0.6) is 5.75 Å². The number of hydrogen-bond acceptors (Lipinski definition) is 4. The normalized spacial score (nSPS) is 26.4. The van der Waals surface area contributed by atoms with Gasteiger partial charge in [0.15, 0.2) is 0 Å². The summed E-state index contributed by atoms with van der Waals surface area (Å²) in [5, 5.41) is 0. The summed E-state index contributed by atoms with van der Waals surface area (Å²) in [4.78, 5) is 22.7. The van der Waals surface area contributed by atoms with Crippen molar-refractivity contribution in [1.82, 2.24) is 0 Å². The molecule has 4 rings (SSSR count). The lowest BCUT2D eigenvalue weighted by atomic mass is 9.65. The zero-order valence-electron chi connectivity index (χ0n) is 15.6. The van der Waals surface area contributed by atoms with E-state index in [0.717, 1.165) is 32.1 Å². The highest BCUT2D eigenvalue weighted by Crippen LogP contribution is 2.56. The molecule has 0 bridgehead atoms. The van der Waals surface area contributed by atoms with Crippen LogP contribution >= 0.6 is 0 Å². The zero-order chi connectivity index (χ0) is 18.5. The van der Waals surface area contributed by atoms with Gasteiger partial charge in [-0.1, -0.05) is 19.1 Å². The zero-order valence-corrected chi connectivity index (χ0v) is 15.6. The smallest absolute Gasteiger partial charge is 0.308 e. The SMILES string of the molecule is CC(=O)Oc1ccc2c(c1)CCC1=C2CC[C@]2(C)C1=CC[C@H]2OC(C)=O.